The van der Waals surface area contributed by atoms with Crippen molar-refractivity contribution < 1.29 is 9.53 Å². The molecule has 0 aliphatic heterocycles. The van der Waals surface area contributed by atoms with Crippen LogP contribution in [0.25, 0.3) is 10.9 Å². The van der Waals surface area contributed by atoms with Crippen LogP contribution in [0.2, 0.25) is 0 Å². The lowest BCUT2D eigenvalue weighted by Crippen LogP contribution is -2.20. The van der Waals surface area contributed by atoms with Crippen LogP contribution in [0.4, 0.5) is 5.69 Å². The summed E-state index contributed by atoms with van der Waals surface area (Å²) in [6, 6.07) is 7.63. The maximum absolute atomic E-state index is 11.5. The Morgan fingerprint density at radius 2 is 2.29 bits per heavy atom. The number of hydrogen-bond acceptors (Lipinski definition) is 3. The summed E-state index contributed by atoms with van der Waals surface area (Å²) >= 11 is 0. The Balaban J connectivity index is 1.95. The van der Waals surface area contributed by atoms with E-state index in [0.29, 0.717) is 13.2 Å². The molecule has 2 rings (SSSR count). The molecule has 17 heavy (non-hydrogen) atoms. The molecule has 2 aromatic rings. The lowest BCUT2D eigenvalue weighted by Gasteiger charge is -2.05. The van der Waals surface area contributed by atoms with Crippen molar-refractivity contribution in [3.8, 4) is 0 Å². The highest BCUT2D eigenvalue weighted by molar-refractivity contribution is 5.94. The van der Waals surface area contributed by atoms with E-state index in [1.807, 2.05) is 30.5 Å². The fourth-order valence-corrected chi connectivity index (χ4v) is 1.58. The fraction of sp³-hybridized carbons (Fsp3) is 0.250. The van der Waals surface area contributed by atoms with Crippen molar-refractivity contribution in [3.63, 3.8) is 0 Å². The number of ether oxygens (including phenoxy) is 1. The van der Waals surface area contributed by atoms with Crippen molar-refractivity contribution in [1.29, 1.82) is 0 Å². The number of anilines is 1. The molecule has 0 bridgehead atoms. The highest BCUT2D eigenvalue weighted by Gasteiger charge is 2.03. The molecule has 0 atom stereocenters. The number of rotatable bonds is 5. The molecule has 5 nitrogen and oxygen atoms in total. The zero-order chi connectivity index (χ0) is 12.1. The van der Waals surface area contributed by atoms with Crippen LogP contribution < -0.4 is 11.1 Å². The Labute approximate surface area is 98.9 Å². The van der Waals surface area contributed by atoms with Gasteiger partial charge < -0.3 is 20.8 Å². The van der Waals surface area contributed by atoms with E-state index in [-0.39, 0.29) is 12.5 Å². The molecule has 4 N–H and O–H groups in total. The molecule has 90 valence electrons. The summed E-state index contributed by atoms with van der Waals surface area (Å²) in [4.78, 5) is 14.6. The first-order valence-corrected chi connectivity index (χ1v) is 5.44. The zero-order valence-corrected chi connectivity index (χ0v) is 9.40. The van der Waals surface area contributed by atoms with Crippen LogP contribution in [0.3, 0.4) is 0 Å². The molecular weight excluding hydrogens is 218 g/mol. The Bertz CT molecular complexity index is 507. The molecule has 1 aromatic carbocycles. The molecule has 0 spiro atoms. The number of amides is 1. The Morgan fingerprint density at radius 3 is 3.12 bits per heavy atom. The first-order valence-electron chi connectivity index (χ1n) is 5.44. The van der Waals surface area contributed by atoms with E-state index in [4.69, 9.17) is 10.5 Å². The molecule has 0 radical (unpaired) electrons. The number of hydrogen-bond donors (Lipinski definition) is 3. The average Bonchev–Trinajstić information content (AvgIpc) is 2.76. The van der Waals surface area contributed by atoms with Gasteiger partial charge in [0, 0.05) is 29.3 Å². The Hall–Kier alpha value is -1.85. The van der Waals surface area contributed by atoms with Crippen LogP contribution in [0.5, 0.6) is 0 Å². The van der Waals surface area contributed by atoms with E-state index in [1.54, 1.807) is 0 Å². The van der Waals surface area contributed by atoms with Gasteiger partial charge in [-0.2, -0.15) is 0 Å². The van der Waals surface area contributed by atoms with Gasteiger partial charge >= 0.3 is 0 Å². The maximum Gasteiger partial charge on any atom is 0.250 e. The van der Waals surface area contributed by atoms with E-state index in [9.17, 15) is 4.79 Å². The summed E-state index contributed by atoms with van der Waals surface area (Å²) < 4.78 is 5.05. The van der Waals surface area contributed by atoms with Gasteiger partial charge in [-0.25, -0.2) is 0 Å². The number of aromatic amines is 1. The van der Waals surface area contributed by atoms with Gasteiger partial charge in [-0.1, -0.05) is 0 Å². The quantitative estimate of drug-likeness (QED) is 0.676. The number of benzene rings is 1. The van der Waals surface area contributed by atoms with E-state index < -0.39 is 0 Å². The molecule has 1 amide bonds. The minimum absolute atomic E-state index is 0.0301. The van der Waals surface area contributed by atoms with Crippen LogP contribution in [-0.4, -0.2) is 30.6 Å². The molecule has 0 fully saturated rings. The molecule has 1 aromatic heterocycles. The highest BCUT2D eigenvalue weighted by Crippen LogP contribution is 2.17. The predicted octanol–water partition coefficient (Wildman–Crippen LogP) is 1.08. The summed E-state index contributed by atoms with van der Waals surface area (Å²) in [5, 5.41) is 3.82. The second kappa shape index (κ2) is 5.47. The van der Waals surface area contributed by atoms with Crippen molar-refractivity contribution in [1.82, 2.24) is 4.98 Å². The summed E-state index contributed by atoms with van der Waals surface area (Å²) in [7, 11) is 0. The lowest BCUT2D eigenvalue weighted by atomic mass is 10.2. The maximum atomic E-state index is 11.5. The van der Waals surface area contributed by atoms with Gasteiger partial charge in [0.25, 0.3) is 0 Å². The third kappa shape index (κ3) is 3.05. The summed E-state index contributed by atoms with van der Waals surface area (Å²) in [5.41, 5.74) is 7.06. The van der Waals surface area contributed by atoms with Crippen molar-refractivity contribution >= 4 is 22.5 Å². The number of nitrogens with one attached hydrogen (secondary N) is 2. The first kappa shape index (κ1) is 11.6. The number of aromatic nitrogens is 1. The van der Waals surface area contributed by atoms with Crippen molar-refractivity contribution in [2.24, 2.45) is 5.73 Å². The molecule has 5 heteroatoms. The van der Waals surface area contributed by atoms with Crippen LogP contribution >= 0.6 is 0 Å². The van der Waals surface area contributed by atoms with Gasteiger partial charge in [0.1, 0.15) is 6.61 Å². The van der Waals surface area contributed by atoms with Crippen LogP contribution in [0.15, 0.2) is 30.5 Å². The largest absolute Gasteiger partial charge is 0.370 e. The summed E-state index contributed by atoms with van der Waals surface area (Å²) in [6.45, 7) is 0.842. The zero-order valence-electron chi connectivity index (χ0n) is 9.40. The number of H-pyrrole nitrogens is 1. The summed E-state index contributed by atoms with van der Waals surface area (Å²) in [6.07, 6.45) is 1.86. The second-order valence-electron chi connectivity index (χ2n) is 3.67. The first-order chi connectivity index (χ1) is 8.29. The monoisotopic (exact) mass is 233 g/mol. The van der Waals surface area contributed by atoms with Gasteiger partial charge in [-0.15, -0.1) is 0 Å². The number of fused-ring (bicyclic) bond motifs is 1. The molecule has 0 aliphatic carbocycles. The van der Waals surface area contributed by atoms with Gasteiger partial charge in [0.05, 0.1) is 6.61 Å². The predicted molar refractivity (Wildman–Crippen MR) is 66.8 cm³/mol. The molecule has 0 aliphatic rings. The molecule has 1 heterocycles. The van der Waals surface area contributed by atoms with Crippen molar-refractivity contribution in [2.45, 2.75) is 0 Å². The smallest absolute Gasteiger partial charge is 0.250 e. The SMILES string of the molecule is NCCOCC(=O)Nc1ccc2[nH]ccc2c1. The van der Waals surface area contributed by atoms with Gasteiger partial charge in [0.15, 0.2) is 0 Å². The average molecular weight is 233 g/mol. The minimum atomic E-state index is -0.173. The second-order valence-corrected chi connectivity index (χ2v) is 3.67. The van der Waals surface area contributed by atoms with Crippen LogP contribution in [-0.2, 0) is 9.53 Å². The number of nitrogens with two attached hydrogens (primary N) is 1. The van der Waals surface area contributed by atoms with Gasteiger partial charge in [-0.3, -0.25) is 4.79 Å². The van der Waals surface area contributed by atoms with Crippen molar-refractivity contribution in [2.75, 3.05) is 25.1 Å². The molecule has 0 unspecified atom stereocenters. The van der Waals surface area contributed by atoms with E-state index in [1.165, 1.54) is 0 Å². The van der Waals surface area contributed by atoms with Gasteiger partial charge in [0.2, 0.25) is 5.91 Å². The van der Waals surface area contributed by atoms with E-state index in [0.717, 1.165) is 16.6 Å². The molecule has 0 saturated carbocycles. The third-order valence-electron chi connectivity index (χ3n) is 2.33. The van der Waals surface area contributed by atoms with Crippen LogP contribution in [0.1, 0.15) is 0 Å². The Kier molecular flexibility index (Phi) is 3.74. The highest BCUT2D eigenvalue weighted by atomic mass is 16.5. The Morgan fingerprint density at radius 1 is 1.41 bits per heavy atom. The number of carbonyl (C=O) groups excluding carboxylic acids is 1. The topological polar surface area (TPSA) is 80.1 Å². The van der Waals surface area contributed by atoms with Crippen molar-refractivity contribution in [3.05, 3.63) is 30.5 Å². The third-order valence-corrected chi connectivity index (χ3v) is 2.33. The van der Waals surface area contributed by atoms with Crippen LogP contribution in [0, 0.1) is 0 Å². The number of carbonyl (C=O) groups is 1. The summed E-state index contributed by atoms with van der Waals surface area (Å²) in [5.74, 6) is -0.173. The van der Waals surface area contributed by atoms with Gasteiger partial charge in [-0.05, 0) is 24.3 Å². The lowest BCUT2D eigenvalue weighted by molar-refractivity contribution is -0.120. The fourth-order valence-electron chi connectivity index (χ4n) is 1.58. The van der Waals surface area contributed by atoms with E-state index in [2.05, 4.69) is 10.3 Å². The molecular formula is C12H15N3O2. The molecule has 0 saturated heterocycles. The van der Waals surface area contributed by atoms with E-state index >= 15 is 0 Å². The minimum Gasteiger partial charge on any atom is -0.370 e. The normalized spacial score (nSPS) is 10.6. The standard InChI is InChI=1S/C12H15N3O2/c13-4-6-17-8-12(16)15-10-1-2-11-9(7-10)3-5-14-11/h1-3,5,7,14H,4,6,8,13H2,(H,15,16).